The molecule has 0 aliphatic heterocycles. The van der Waals surface area contributed by atoms with Gasteiger partial charge in [-0.25, -0.2) is 9.78 Å². The van der Waals surface area contributed by atoms with Crippen molar-refractivity contribution in [2.24, 2.45) is 0 Å². The molecular formula is C13H14N4O2. The van der Waals surface area contributed by atoms with Crippen molar-refractivity contribution >= 4 is 11.9 Å². The van der Waals surface area contributed by atoms with Crippen molar-refractivity contribution in [3.8, 4) is 0 Å². The summed E-state index contributed by atoms with van der Waals surface area (Å²) in [7, 11) is 0. The highest BCUT2D eigenvalue weighted by molar-refractivity contribution is 5.78. The molecule has 0 saturated heterocycles. The summed E-state index contributed by atoms with van der Waals surface area (Å²) in [5.41, 5.74) is 2.07. The molecule has 0 aliphatic rings. The number of hydrogen-bond acceptors (Lipinski definition) is 5. The maximum atomic E-state index is 11.3. The second kappa shape index (κ2) is 5.43. The minimum Gasteiger partial charge on any atom is -0.479 e. The Morgan fingerprint density at radius 1 is 1.16 bits per heavy atom. The monoisotopic (exact) mass is 258 g/mol. The molecule has 19 heavy (non-hydrogen) atoms. The Bertz CT molecular complexity index is 586. The second-order valence-corrected chi connectivity index (χ2v) is 4.13. The lowest BCUT2D eigenvalue weighted by Crippen LogP contribution is -2.22. The second-order valence-electron chi connectivity index (χ2n) is 4.13. The number of aliphatic carboxylic acids is 1. The lowest BCUT2D eigenvalue weighted by Gasteiger charge is -2.14. The van der Waals surface area contributed by atoms with Crippen LogP contribution >= 0.6 is 0 Å². The largest absolute Gasteiger partial charge is 0.479 e. The molecule has 0 fully saturated rings. The lowest BCUT2D eigenvalue weighted by molar-refractivity contribution is -0.138. The SMILES string of the molecule is Cc1nnc(NC(C(=O)O)c2ccccc2)nc1C. The van der Waals surface area contributed by atoms with E-state index in [4.69, 9.17) is 0 Å². The summed E-state index contributed by atoms with van der Waals surface area (Å²) in [4.78, 5) is 15.5. The van der Waals surface area contributed by atoms with Crippen LogP contribution in [0.4, 0.5) is 5.95 Å². The fraction of sp³-hybridized carbons (Fsp3) is 0.231. The van der Waals surface area contributed by atoms with Gasteiger partial charge in [0.2, 0.25) is 5.95 Å². The Morgan fingerprint density at radius 2 is 1.84 bits per heavy atom. The number of hydrogen-bond donors (Lipinski definition) is 2. The molecule has 0 bridgehead atoms. The highest BCUT2D eigenvalue weighted by Crippen LogP contribution is 2.17. The fourth-order valence-corrected chi connectivity index (χ4v) is 1.58. The van der Waals surface area contributed by atoms with Crippen molar-refractivity contribution in [2.45, 2.75) is 19.9 Å². The molecule has 2 rings (SSSR count). The van der Waals surface area contributed by atoms with Crippen LogP contribution in [-0.2, 0) is 4.79 Å². The van der Waals surface area contributed by atoms with Crippen LogP contribution in [0.3, 0.4) is 0 Å². The van der Waals surface area contributed by atoms with E-state index >= 15 is 0 Å². The minimum absolute atomic E-state index is 0.208. The normalized spacial score (nSPS) is 11.9. The zero-order valence-corrected chi connectivity index (χ0v) is 10.7. The molecule has 1 heterocycles. The summed E-state index contributed by atoms with van der Waals surface area (Å²) in [5, 5.41) is 19.8. The number of carboxylic acid groups (broad SMARTS) is 1. The van der Waals surface area contributed by atoms with E-state index in [0.717, 1.165) is 11.4 Å². The first-order valence-electron chi connectivity index (χ1n) is 5.80. The number of nitrogens with zero attached hydrogens (tertiary/aromatic N) is 3. The zero-order valence-electron chi connectivity index (χ0n) is 10.7. The third-order valence-corrected chi connectivity index (χ3v) is 2.75. The van der Waals surface area contributed by atoms with Crippen LogP contribution in [0.5, 0.6) is 0 Å². The van der Waals surface area contributed by atoms with Gasteiger partial charge in [0.25, 0.3) is 0 Å². The minimum atomic E-state index is -0.993. The summed E-state index contributed by atoms with van der Waals surface area (Å²) in [6.45, 7) is 3.60. The molecule has 0 radical (unpaired) electrons. The van der Waals surface area contributed by atoms with Crippen LogP contribution < -0.4 is 5.32 Å². The van der Waals surface area contributed by atoms with Gasteiger partial charge in [0.1, 0.15) is 0 Å². The van der Waals surface area contributed by atoms with Crippen LogP contribution in [0.1, 0.15) is 23.0 Å². The first-order valence-corrected chi connectivity index (χ1v) is 5.80. The van der Waals surface area contributed by atoms with Crippen molar-refractivity contribution < 1.29 is 9.90 Å². The van der Waals surface area contributed by atoms with Crippen molar-refractivity contribution in [3.63, 3.8) is 0 Å². The lowest BCUT2D eigenvalue weighted by atomic mass is 10.1. The van der Waals surface area contributed by atoms with Gasteiger partial charge in [0.05, 0.1) is 11.4 Å². The first kappa shape index (κ1) is 12.9. The number of nitrogens with one attached hydrogen (secondary N) is 1. The summed E-state index contributed by atoms with van der Waals surface area (Å²) in [6, 6.07) is 7.97. The number of carbonyl (C=O) groups is 1. The van der Waals surface area contributed by atoms with E-state index in [2.05, 4.69) is 20.5 Å². The van der Waals surface area contributed by atoms with Crippen molar-refractivity contribution in [1.29, 1.82) is 0 Å². The smallest absolute Gasteiger partial charge is 0.330 e. The van der Waals surface area contributed by atoms with Crippen LogP contribution in [0.15, 0.2) is 30.3 Å². The summed E-state index contributed by atoms with van der Waals surface area (Å²) < 4.78 is 0. The van der Waals surface area contributed by atoms with E-state index < -0.39 is 12.0 Å². The molecule has 0 aliphatic carbocycles. The van der Waals surface area contributed by atoms with Crippen molar-refractivity contribution in [1.82, 2.24) is 15.2 Å². The van der Waals surface area contributed by atoms with Gasteiger partial charge in [-0.2, -0.15) is 5.10 Å². The van der Waals surface area contributed by atoms with Crippen LogP contribution in [0.25, 0.3) is 0 Å². The maximum absolute atomic E-state index is 11.3. The van der Waals surface area contributed by atoms with Crippen LogP contribution in [0, 0.1) is 13.8 Å². The number of benzene rings is 1. The van der Waals surface area contributed by atoms with E-state index in [1.807, 2.05) is 6.07 Å². The van der Waals surface area contributed by atoms with E-state index in [0.29, 0.717) is 5.56 Å². The molecule has 6 nitrogen and oxygen atoms in total. The first-order chi connectivity index (χ1) is 9.08. The van der Waals surface area contributed by atoms with Gasteiger partial charge in [-0.3, -0.25) is 0 Å². The maximum Gasteiger partial charge on any atom is 0.330 e. The van der Waals surface area contributed by atoms with Crippen LogP contribution in [-0.4, -0.2) is 26.3 Å². The summed E-state index contributed by atoms with van der Waals surface area (Å²) in [5.74, 6) is -0.785. The Labute approximate surface area is 110 Å². The predicted molar refractivity (Wildman–Crippen MR) is 69.7 cm³/mol. The summed E-state index contributed by atoms with van der Waals surface area (Å²) >= 11 is 0. The molecule has 0 amide bonds. The van der Waals surface area contributed by atoms with Crippen molar-refractivity contribution in [3.05, 3.63) is 47.3 Å². The van der Waals surface area contributed by atoms with Crippen LogP contribution in [0.2, 0.25) is 0 Å². The Balaban J connectivity index is 2.27. The molecule has 0 spiro atoms. The van der Waals surface area contributed by atoms with Gasteiger partial charge < -0.3 is 10.4 Å². The van der Waals surface area contributed by atoms with Gasteiger partial charge in [-0.05, 0) is 19.4 Å². The molecular weight excluding hydrogens is 244 g/mol. The average Bonchev–Trinajstić information content (AvgIpc) is 2.40. The highest BCUT2D eigenvalue weighted by atomic mass is 16.4. The summed E-state index contributed by atoms with van der Waals surface area (Å²) in [6.07, 6.45) is 0. The molecule has 0 saturated carbocycles. The van der Waals surface area contributed by atoms with Gasteiger partial charge in [0.15, 0.2) is 6.04 Å². The quantitative estimate of drug-likeness (QED) is 0.868. The third kappa shape index (κ3) is 3.04. The standard InChI is InChI=1S/C13H14N4O2/c1-8-9(2)16-17-13(14-8)15-11(12(18)19)10-6-4-3-5-7-10/h3-7,11H,1-2H3,(H,18,19)(H,14,15,17). The highest BCUT2D eigenvalue weighted by Gasteiger charge is 2.20. The molecule has 6 heteroatoms. The van der Waals surface area contributed by atoms with Gasteiger partial charge in [-0.15, -0.1) is 5.10 Å². The fourth-order valence-electron chi connectivity index (χ4n) is 1.58. The molecule has 2 N–H and O–H groups in total. The molecule has 1 aromatic carbocycles. The average molecular weight is 258 g/mol. The number of carboxylic acids is 1. The third-order valence-electron chi connectivity index (χ3n) is 2.75. The van der Waals surface area contributed by atoms with E-state index in [1.54, 1.807) is 38.1 Å². The van der Waals surface area contributed by atoms with E-state index in [-0.39, 0.29) is 5.95 Å². The van der Waals surface area contributed by atoms with Crippen molar-refractivity contribution in [2.75, 3.05) is 5.32 Å². The molecule has 1 atom stereocenters. The topological polar surface area (TPSA) is 88.0 Å². The van der Waals surface area contributed by atoms with Gasteiger partial charge >= 0.3 is 5.97 Å². The molecule has 1 unspecified atom stereocenters. The number of aromatic nitrogens is 3. The predicted octanol–water partition coefficient (Wildman–Crippen LogP) is 1.73. The van der Waals surface area contributed by atoms with E-state index in [9.17, 15) is 9.90 Å². The molecule has 2 aromatic rings. The van der Waals surface area contributed by atoms with Gasteiger partial charge in [-0.1, -0.05) is 30.3 Å². The number of aryl methyl sites for hydroxylation is 2. The van der Waals surface area contributed by atoms with E-state index in [1.165, 1.54) is 0 Å². The number of anilines is 1. The zero-order chi connectivity index (χ0) is 13.8. The Kier molecular flexibility index (Phi) is 3.70. The molecule has 1 aromatic heterocycles. The Hall–Kier alpha value is -2.50. The molecule has 98 valence electrons. The number of rotatable bonds is 4. The Morgan fingerprint density at radius 3 is 2.42 bits per heavy atom. The van der Waals surface area contributed by atoms with Gasteiger partial charge in [0, 0.05) is 0 Å².